The fourth-order valence-corrected chi connectivity index (χ4v) is 5.10. The van der Waals surface area contributed by atoms with Crippen LogP contribution in [0.5, 0.6) is 0 Å². The van der Waals surface area contributed by atoms with E-state index in [4.69, 9.17) is 0 Å². The molecule has 1 unspecified atom stereocenters. The molecule has 0 aliphatic carbocycles. The molecule has 6 rings (SSSR count). The zero-order valence-electron chi connectivity index (χ0n) is 20.8. The zero-order chi connectivity index (χ0) is 26.6. The largest absolute Gasteiger partial charge is 0.369 e. The van der Waals surface area contributed by atoms with Gasteiger partial charge in [-0.15, -0.1) is 0 Å². The Morgan fingerprint density at radius 1 is 0.737 bits per heavy atom. The second-order valence-corrected chi connectivity index (χ2v) is 9.33. The molecule has 2 aromatic heterocycles. The molecule has 0 radical (unpaired) electrons. The summed E-state index contributed by atoms with van der Waals surface area (Å²) in [4.78, 5) is 44.6. The summed E-state index contributed by atoms with van der Waals surface area (Å²) in [5.74, 6) is -1.35. The maximum Gasteiger partial charge on any atom is 0.269 e. The van der Waals surface area contributed by atoms with Crippen LogP contribution < -0.4 is 18.9 Å². The van der Waals surface area contributed by atoms with Crippen molar-refractivity contribution in [3.63, 3.8) is 0 Å². The second-order valence-electron chi connectivity index (χ2n) is 9.33. The van der Waals surface area contributed by atoms with Crippen molar-refractivity contribution in [1.82, 2.24) is 0 Å². The number of anilines is 2. The van der Waals surface area contributed by atoms with E-state index in [9.17, 15) is 19.5 Å². The first-order valence-corrected chi connectivity index (χ1v) is 12.1. The number of para-hydroxylation sites is 2. The number of aromatic nitrogens is 2. The fraction of sp³-hybridized carbons (Fsp3) is 0.100. The van der Waals surface area contributed by atoms with Gasteiger partial charge in [0.15, 0.2) is 31.0 Å². The van der Waals surface area contributed by atoms with Crippen molar-refractivity contribution in [3.05, 3.63) is 131 Å². The van der Waals surface area contributed by atoms with Crippen molar-refractivity contribution in [1.29, 1.82) is 0 Å². The number of nitrogens with zero attached hydrogens (tertiary/aromatic N) is 4. The number of aliphatic hydroxyl groups is 1. The minimum absolute atomic E-state index is 0.0416. The molecule has 0 bridgehead atoms. The number of aliphatic hydroxyl groups excluding tert-OH is 1. The smallest absolute Gasteiger partial charge is 0.269 e. The number of fused-ring (bicyclic) bond motifs is 2. The number of allylic oxidation sites excluding steroid dienone is 2. The number of hydrogen-bond donors (Lipinski definition) is 1. The molecule has 2 aromatic carbocycles. The Hall–Kier alpha value is -4.95. The van der Waals surface area contributed by atoms with Crippen LogP contribution in [0.1, 0.15) is 42.9 Å². The Morgan fingerprint density at radius 3 is 2.00 bits per heavy atom. The molecule has 1 atom stereocenters. The summed E-state index contributed by atoms with van der Waals surface area (Å²) < 4.78 is 3.53. The number of aryl methyl sites for hydroxylation is 2. The maximum absolute atomic E-state index is 14.0. The van der Waals surface area contributed by atoms with E-state index in [0.29, 0.717) is 33.6 Å². The van der Waals surface area contributed by atoms with E-state index in [1.807, 2.05) is 13.2 Å². The van der Waals surface area contributed by atoms with E-state index in [-0.39, 0.29) is 11.4 Å². The van der Waals surface area contributed by atoms with Gasteiger partial charge in [-0.1, -0.05) is 24.3 Å². The number of carbonyl (C=O) groups is 3. The average molecular weight is 505 g/mol. The highest BCUT2D eigenvalue weighted by Gasteiger charge is 2.47. The number of ketones is 2. The lowest BCUT2D eigenvalue weighted by Crippen LogP contribution is -2.37. The van der Waals surface area contributed by atoms with Crippen molar-refractivity contribution >= 4 is 28.8 Å². The predicted molar refractivity (Wildman–Crippen MR) is 138 cm³/mol. The molecular weight excluding hydrogens is 480 g/mol. The van der Waals surface area contributed by atoms with Gasteiger partial charge >= 0.3 is 0 Å². The molecule has 2 aliphatic rings. The molecule has 0 fully saturated rings. The van der Waals surface area contributed by atoms with E-state index in [0.717, 1.165) is 0 Å². The third kappa shape index (κ3) is 3.54. The molecule has 186 valence electrons. The monoisotopic (exact) mass is 504 g/mol. The minimum Gasteiger partial charge on any atom is -0.369 e. The van der Waals surface area contributed by atoms with Crippen LogP contribution in [-0.4, -0.2) is 22.6 Å². The normalized spacial score (nSPS) is 17.0. The molecule has 1 N–H and O–H groups in total. The van der Waals surface area contributed by atoms with Crippen LogP contribution in [0.15, 0.2) is 109 Å². The summed E-state index contributed by atoms with van der Waals surface area (Å²) in [5, 5.41) is 11.6. The summed E-state index contributed by atoms with van der Waals surface area (Å²) in [6.07, 6.45) is 5.75. The van der Waals surface area contributed by atoms with Crippen LogP contribution in [0.25, 0.3) is 0 Å². The highest BCUT2D eigenvalue weighted by molar-refractivity contribution is 6.32. The average Bonchev–Trinajstić information content (AvgIpc) is 3.38. The van der Waals surface area contributed by atoms with Gasteiger partial charge in [0, 0.05) is 23.3 Å². The Labute approximate surface area is 218 Å². The molecule has 4 heterocycles. The highest BCUT2D eigenvalue weighted by atomic mass is 16.3. The van der Waals surface area contributed by atoms with Gasteiger partial charge in [-0.3, -0.25) is 19.3 Å². The summed E-state index contributed by atoms with van der Waals surface area (Å²) in [7, 11) is 3.63. The number of rotatable bonds is 3. The van der Waals surface area contributed by atoms with Crippen LogP contribution in [0.2, 0.25) is 0 Å². The van der Waals surface area contributed by atoms with Gasteiger partial charge in [-0.05, 0) is 36.4 Å². The third-order valence-electron chi connectivity index (χ3n) is 6.81. The molecule has 38 heavy (non-hydrogen) atoms. The van der Waals surface area contributed by atoms with Crippen LogP contribution in [-0.2, 0) is 14.1 Å². The molecule has 0 spiro atoms. The van der Waals surface area contributed by atoms with Crippen molar-refractivity contribution in [2.45, 2.75) is 6.23 Å². The fourth-order valence-electron chi connectivity index (χ4n) is 5.10. The maximum atomic E-state index is 14.0. The molecule has 2 aliphatic heterocycles. The summed E-state index contributed by atoms with van der Waals surface area (Å²) in [5.41, 5.74) is 2.26. The first-order chi connectivity index (χ1) is 18.4. The number of carbonyl (C=O) groups excluding carboxylic acids is 3. The van der Waals surface area contributed by atoms with Crippen molar-refractivity contribution < 1.29 is 28.6 Å². The molecule has 8 heteroatoms. The lowest BCUT2D eigenvalue weighted by molar-refractivity contribution is -0.672. The highest BCUT2D eigenvalue weighted by Crippen LogP contribution is 2.45. The molecule has 1 amide bonds. The van der Waals surface area contributed by atoms with Gasteiger partial charge in [-0.2, -0.15) is 0 Å². The lowest BCUT2D eigenvalue weighted by atomic mass is 10.1. The minimum atomic E-state index is -1.29. The molecule has 4 aromatic rings. The zero-order valence-corrected chi connectivity index (χ0v) is 20.8. The Bertz CT molecular complexity index is 1690. The van der Waals surface area contributed by atoms with E-state index >= 15 is 0 Å². The molecular formula is C30H24N4O4+2. The van der Waals surface area contributed by atoms with Crippen LogP contribution in [0.4, 0.5) is 11.4 Å². The summed E-state index contributed by atoms with van der Waals surface area (Å²) in [6, 6.07) is 20.6. The van der Waals surface area contributed by atoms with Gasteiger partial charge in [0.1, 0.15) is 31.1 Å². The Morgan fingerprint density at radius 2 is 1.32 bits per heavy atom. The first kappa shape index (κ1) is 23.4. The third-order valence-corrected chi connectivity index (χ3v) is 6.81. The number of amides is 1. The van der Waals surface area contributed by atoms with Gasteiger partial charge in [0.25, 0.3) is 5.91 Å². The van der Waals surface area contributed by atoms with Gasteiger partial charge in [0.05, 0.1) is 16.9 Å². The molecule has 0 saturated heterocycles. The standard InChI is InChI=1S/C30H24N4O4/c1-31-15-7-9-19(17-31)29(37)33-23-13-5-3-11-21(23)27(35)25(33)26-28(36)22-12-4-6-14-24(22)34(26)30(38)20-10-8-16-32(2)18-20/h3-18,29,37H,1-2H3/q+2/b26-25+. The number of hydrogen-bond acceptors (Lipinski definition) is 5. The summed E-state index contributed by atoms with van der Waals surface area (Å²) in [6.45, 7) is 0. The van der Waals surface area contributed by atoms with Crippen LogP contribution in [0.3, 0.4) is 0 Å². The van der Waals surface area contributed by atoms with E-state index < -0.39 is 23.7 Å². The Kier molecular flexibility index (Phi) is 5.47. The second kappa shape index (κ2) is 8.86. The predicted octanol–water partition coefficient (Wildman–Crippen LogP) is 2.78. The lowest BCUT2D eigenvalue weighted by Gasteiger charge is -2.29. The van der Waals surface area contributed by atoms with Gasteiger partial charge < -0.3 is 10.0 Å². The van der Waals surface area contributed by atoms with Crippen molar-refractivity contribution in [3.8, 4) is 0 Å². The van der Waals surface area contributed by atoms with E-state index in [1.165, 1.54) is 9.80 Å². The molecule has 0 saturated carbocycles. The van der Waals surface area contributed by atoms with Crippen molar-refractivity contribution in [2.24, 2.45) is 14.1 Å². The van der Waals surface area contributed by atoms with Crippen molar-refractivity contribution in [2.75, 3.05) is 9.80 Å². The number of pyridine rings is 2. The van der Waals surface area contributed by atoms with E-state index in [2.05, 4.69) is 0 Å². The topological polar surface area (TPSA) is 85.7 Å². The SMILES string of the molecule is C[n+]1cccc(C(=O)N2/C(=C3\C(=O)c4ccccc4N3C(O)c3ccc[n+](C)c3)C(=O)c3ccccc32)c1. The Balaban J connectivity index is 1.61. The van der Waals surface area contributed by atoms with Crippen LogP contribution in [0, 0.1) is 0 Å². The van der Waals surface area contributed by atoms with Gasteiger partial charge in [-0.25, -0.2) is 9.13 Å². The first-order valence-electron chi connectivity index (χ1n) is 12.1. The van der Waals surface area contributed by atoms with Crippen LogP contribution >= 0.6 is 0 Å². The summed E-state index contributed by atoms with van der Waals surface area (Å²) >= 11 is 0. The molecule has 8 nitrogen and oxygen atoms in total. The number of Topliss-reactive ketones (excluding diaryl/α,β-unsaturated/α-hetero) is 2. The van der Waals surface area contributed by atoms with Gasteiger partial charge in [0.2, 0.25) is 11.6 Å². The quantitative estimate of drug-likeness (QED) is 0.343. The number of benzene rings is 2. The van der Waals surface area contributed by atoms with E-state index in [1.54, 1.807) is 108 Å².